The number of nitrogens with one attached hydrogen (secondary N) is 3. The van der Waals surface area contributed by atoms with E-state index in [-0.39, 0.29) is 36.1 Å². The fourth-order valence-corrected chi connectivity index (χ4v) is 5.27. The molecule has 1 unspecified atom stereocenters. The molecule has 3 amide bonds. The van der Waals surface area contributed by atoms with Crippen molar-refractivity contribution in [3.8, 4) is 0 Å². The van der Waals surface area contributed by atoms with Crippen LogP contribution in [0.2, 0.25) is 0 Å². The second-order valence-electron chi connectivity index (χ2n) is 11.4. The minimum absolute atomic E-state index is 0.244. The number of benzene rings is 2. The molecule has 2 aromatic carbocycles. The summed E-state index contributed by atoms with van der Waals surface area (Å²) < 4.78 is 0. The second-order valence-corrected chi connectivity index (χ2v) is 11.4. The fraction of sp³-hybridized carbons (Fsp3) is 0.594. The van der Waals surface area contributed by atoms with Crippen LogP contribution in [0.4, 0.5) is 0 Å². The molecule has 0 saturated carbocycles. The SMILES string of the molecule is CCC(CC)C(=O)N(C(=O)[C@@H]1CCCN1)[C@H](Cc1ccc2ccccc2c1)C(=O)NCCC(C)NCC(C)C. The van der Waals surface area contributed by atoms with Crippen molar-refractivity contribution in [2.45, 2.75) is 91.3 Å². The number of rotatable bonds is 14. The predicted octanol–water partition coefficient (Wildman–Crippen LogP) is 4.43. The smallest absolute Gasteiger partial charge is 0.247 e. The van der Waals surface area contributed by atoms with Crippen molar-refractivity contribution in [2.24, 2.45) is 11.8 Å². The lowest BCUT2D eigenvalue weighted by Gasteiger charge is -2.34. The van der Waals surface area contributed by atoms with Gasteiger partial charge in [0, 0.05) is 24.9 Å². The third kappa shape index (κ3) is 8.61. The number of carbonyl (C=O) groups excluding carboxylic acids is 3. The topological polar surface area (TPSA) is 90.5 Å². The molecule has 7 heteroatoms. The standard InChI is InChI=1S/C32H48N4O3/c1-6-25(7-2)31(38)36(32(39)28-13-10-17-33-28)29(30(37)34-18-16-23(5)35-21-22(3)4)20-24-14-15-26-11-8-9-12-27(26)19-24/h8-9,11-12,14-15,19,22-23,25,28-29,33,35H,6-7,10,13,16-18,20-21H2,1-5H3,(H,34,37)/t23?,28-,29+/m0/s1. The maximum absolute atomic E-state index is 13.9. The van der Waals surface area contributed by atoms with E-state index in [0.717, 1.165) is 42.3 Å². The molecule has 1 fully saturated rings. The molecule has 0 spiro atoms. The van der Waals surface area contributed by atoms with Crippen molar-refractivity contribution >= 4 is 28.5 Å². The highest BCUT2D eigenvalue weighted by molar-refractivity contribution is 6.03. The van der Waals surface area contributed by atoms with Crippen LogP contribution in [0, 0.1) is 11.8 Å². The summed E-state index contributed by atoms with van der Waals surface area (Å²) in [5.74, 6) is -0.551. The van der Waals surface area contributed by atoms with E-state index in [1.54, 1.807) is 0 Å². The maximum Gasteiger partial charge on any atom is 0.247 e. The van der Waals surface area contributed by atoms with Gasteiger partial charge in [0.05, 0.1) is 6.04 Å². The summed E-state index contributed by atoms with van der Waals surface area (Å²) in [6.45, 7) is 12.5. The normalized spacial score (nSPS) is 16.9. The largest absolute Gasteiger partial charge is 0.354 e. The third-order valence-electron chi connectivity index (χ3n) is 7.78. The highest BCUT2D eigenvalue weighted by Crippen LogP contribution is 2.23. The molecule has 0 aliphatic carbocycles. The Labute approximate surface area is 234 Å². The van der Waals surface area contributed by atoms with E-state index in [9.17, 15) is 14.4 Å². The monoisotopic (exact) mass is 536 g/mol. The predicted molar refractivity (Wildman–Crippen MR) is 158 cm³/mol. The number of carbonyl (C=O) groups is 3. The van der Waals surface area contributed by atoms with Gasteiger partial charge >= 0.3 is 0 Å². The average Bonchev–Trinajstić information content (AvgIpc) is 3.47. The molecule has 7 nitrogen and oxygen atoms in total. The summed E-state index contributed by atoms with van der Waals surface area (Å²) >= 11 is 0. The molecule has 1 aliphatic heterocycles. The Balaban J connectivity index is 1.90. The number of imide groups is 1. The van der Waals surface area contributed by atoms with E-state index in [4.69, 9.17) is 0 Å². The highest BCUT2D eigenvalue weighted by atomic mass is 16.2. The van der Waals surface area contributed by atoms with Gasteiger partial charge in [0.1, 0.15) is 6.04 Å². The van der Waals surface area contributed by atoms with Gasteiger partial charge in [0.25, 0.3) is 0 Å². The van der Waals surface area contributed by atoms with Crippen molar-refractivity contribution in [3.05, 3.63) is 48.0 Å². The van der Waals surface area contributed by atoms with E-state index in [1.807, 2.05) is 44.2 Å². The van der Waals surface area contributed by atoms with Crippen LogP contribution in [0.15, 0.2) is 42.5 Å². The number of nitrogens with zero attached hydrogens (tertiary/aromatic N) is 1. The lowest BCUT2D eigenvalue weighted by molar-refractivity contribution is -0.155. The average molecular weight is 537 g/mol. The molecule has 3 rings (SSSR count). The van der Waals surface area contributed by atoms with Crippen LogP contribution in [0.1, 0.15) is 72.3 Å². The molecule has 0 radical (unpaired) electrons. The molecule has 2 aromatic rings. The van der Waals surface area contributed by atoms with Crippen LogP contribution in [-0.2, 0) is 20.8 Å². The van der Waals surface area contributed by atoms with Crippen LogP contribution in [0.3, 0.4) is 0 Å². The van der Waals surface area contributed by atoms with E-state index in [0.29, 0.717) is 31.7 Å². The van der Waals surface area contributed by atoms with Crippen molar-refractivity contribution in [2.75, 3.05) is 19.6 Å². The summed E-state index contributed by atoms with van der Waals surface area (Å²) in [6, 6.07) is 13.1. The van der Waals surface area contributed by atoms with E-state index >= 15 is 0 Å². The van der Waals surface area contributed by atoms with Gasteiger partial charge in [-0.1, -0.05) is 70.2 Å². The van der Waals surface area contributed by atoms with Gasteiger partial charge in [-0.05, 0) is 74.4 Å². The molecular formula is C32H48N4O3. The fourth-order valence-electron chi connectivity index (χ4n) is 5.27. The zero-order chi connectivity index (χ0) is 28.4. The third-order valence-corrected chi connectivity index (χ3v) is 7.78. The Bertz CT molecular complexity index is 1080. The number of hydrogen-bond donors (Lipinski definition) is 3. The molecule has 1 heterocycles. The summed E-state index contributed by atoms with van der Waals surface area (Å²) in [5, 5.41) is 12.0. The van der Waals surface area contributed by atoms with Crippen LogP contribution in [0.5, 0.6) is 0 Å². The number of amides is 3. The summed E-state index contributed by atoms with van der Waals surface area (Å²) in [5.41, 5.74) is 0.926. The molecule has 0 aromatic heterocycles. The van der Waals surface area contributed by atoms with E-state index in [2.05, 4.69) is 48.9 Å². The van der Waals surface area contributed by atoms with Crippen LogP contribution < -0.4 is 16.0 Å². The quantitative estimate of drug-likeness (QED) is 0.332. The first-order valence-corrected chi connectivity index (χ1v) is 14.8. The Kier molecular flexibility index (Phi) is 11.9. The molecule has 0 bridgehead atoms. The first-order valence-electron chi connectivity index (χ1n) is 14.8. The van der Waals surface area contributed by atoms with Crippen LogP contribution >= 0.6 is 0 Å². The molecule has 3 N–H and O–H groups in total. The van der Waals surface area contributed by atoms with Crippen molar-refractivity contribution < 1.29 is 14.4 Å². The summed E-state index contributed by atoms with van der Waals surface area (Å²) in [7, 11) is 0. The first-order chi connectivity index (χ1) is 18.7. The molecule has 3 atom stereocenters. The Morgan fingerprint density at radius 1 is 1.03 bits per heavy atom. The minimum atomic E-state index is -0.909. The summed E-state index contributed by atoms with van der Waals surface area (Å²) in [4.78, 5) is 42.9. The zero-order valence-electron chi connectivity index (χ0n) is 24.5. The van der Waals surface area contributed by atoms with Gasteiger partial charge < -0.3 is 16.0 Å². The summed E-state index contributed by atoms with van der Waals surface area (Å²) in [6.07, 6.45) is 3.85. The van der Waals surface area contributed by atoms with Gasteiger partial charge in [-0.3, -0.25) is 19.3 Å². The highest BCUT2D eigenvalue weighted by Gasteiger charge is 2.40. The Hall–Kier alpha value is -2.77. The second kappa shape index (κ2) is 15.1. The van der Waals surface area contributed by atoms with Crippen molar-refractivity contribution in [1.29, 1.82) is 0 Å². The molecule has 214 valence electrons. The lowest BCUT2D eigenvalue weighted by atomic mass is 9.96. The van der Waals surface area contributed by atoms with Gasteiger partial charge in [0.15, 0.2) is 0 Å². The van der Waals surface area contributed by atoms with Crippen molar-refractivity contribution in [1.82, 2.24) is 20.9 Å². The van der Waals surface area contributed by atoms with Gasteiger partial charge in [0.2, 0.25) is 17.7 Å². The van der Waals surface area contributed by atoms with Gasteiger partial charge in [-0.25, -0.2) is 0 Å². The molecule has 39 heavy (non-hydrogen) atoms. The lowest BCUT2D eigenvalue weighted by Crippen LogP contribution is -2.58. The Morgan fingerprint density at radius 2 is 1.74 bits per heavy atom. The zero-order valence-corrected chi connectivity index (χ0v) is 24.5. The minimum Gasteiger partial charge on any atom is -0.354 e. The van der Waals surface area contributed by atoms with E-state index < -0.39 is 12.1 Å². The number of hydrogen-bond acceptors (Lipinski definition) is 5. The van der Waals surface area contributed by atoms with Gasteiger partial charge in [-0.15, -0.1) is 0 Å². The number of fused-ring (bicyclic) bond motifs is 1. The van der Waals surface area contributed by atoms with Crippen LogP contribution in [0.25, 0.3) is 10.8 Å². The molecule has 1 saturated heterocycles. The molecule has 1 aliphatic rings. The molecular weight excluding hydrogens is 488 g/mol. The van der Waals surface area contributed by atoms with Crippen molar-refractivity contribution in [3.63, 3.8) is 0 Å². The van der Waals surface area contributed by atoms with Gasteiger partial charge in [-0.2, -0.15) is 0 Å². The van der Waals surface area contributed by atoms with Crippen LogP contribution in [-0.4, -0.2) is 60.4 Å². The Morgan fingerprint density at radius 3 is 2.38 bits per heavy atom. The van der Waals surface area contributed by atoms with E-state index in [1.165, 1.54) is 4.90 Å². The first kappa shape index (κ1) is 30.8. The maximum atomic E-state index is 13.9.